The van der Waals surface area contributed by atoms with Crippen molar-refractivity contribution in [3.05, 3.63) is 0 Å². The first-order valence-electron chi connectivity index (χ1n) is 11.0. The predicted octanol–water partition coefficient (Wildman–Crippen LogP) is 9.09. The Balaban J connectivity index is 7.85. The van der Waals surface area contributed by atoms with Gasteiger partial charge in [0.25, 0.3) is 0 Å². The van der Waals surface area contributed by atoms with Gasteiger partial charge >= 0.3 is 170 Å². The molecule has 166 valence electrons. The van der Waals surface area contributed by atoms with Gasteiger partial charge in [0.1, 0.15) is 0 Å². The Morgan fingerprint density at radius 3 is 1.22 bits per heavy atom. The first kappa shape index (κ1) is 28.1. The molecule has 0 N–H and O–H groups in total. The minimum atomic E-state index is -3.58. The summed E-state index contributed by atoms with van der Waals surface area (Å²) in [5.74, 6) is 0. The van der Waals surface area contributed by atoms with Gasteiger partial charge in [0.15, 0.2) is 0 Å². The van der Waals surface area contributed by atoms with E-state index in [4.69, 9.17) is 0 Å². The van der Waals surface area contributed by atoms with Gasteiger partial charge in [-0.1, -0.05) is 0 Å². The van der Waals surface area contributed by atoms with E-state index in [0.29, 0.717) is 24.6 Å². The third kappa shape index (κ3) is 3.80. The van der Waals surface area contributed by atoms with Crippen LogP contribution in [-0.4, -0.2) is 49.3 Å². The Labute approximate surface area is 170 Å². The molecule has 0 spiro atoms. The molecule has 0 unspecified atom stereocenters. The molecule has 0 aromatic carbocycles. The summed E-state index contributed by atoms with van der Waals surface area (Å²) in [4.78, 5) is 0. The van der Waals surface area contributed by atoms with E-state index in [1.165, 1.54) is 0 Å². The van der Waals surface area contributed by atoms with Crippen molar-refractivity contribution >= 4 is 26.2 Å². The van der Waals surface area contributed by atoms with Gasteiger partial charge in [-0.15, -0.1) is 0 Å². The van der Waals surface area contributed by atoms with Crippen LogP contribution in [0.25, 0.3) is 0 Å². The Hall–Kier alpha value is 1.12. The molecule has 0 heterocycles. The molecule has 0 aliphatic heterocycles. The molecule has 0 aromatic rings. The monoisotopic (exact) mass is 460 g/mol. The summed E-state index contributed by atoms with van der Waals surface area (Å²) in [5.41, 5.74) is -3.71. The molecule has 0 radical (unpaired) electrons. The Morgan fingerprint density at radius 2 is 1.04 bits per heavy atom. The standard InChI is InChI=1S/C20H48O3P4/c1-11-15-17-27(18-16-12-2,24(9,10)21,25(22,13-3)14-4)26(23,19(5)6)20(7)8/h19-20H,11-18H2,1-10H3. The van der Waals surface area contributed by atoms with Crippen molar-refractivity contribution in [2.24, 2.45) is 0 Å². The molecule has 27 heavy (non-hydrogen) atoms. The van der Waals surface area contributed by atoms with Crippen molar-refractivity contribution in [2.75, 3.05) is 38.0 Å². The fraction of sp³-hybridized carbons (Fsp3) is 1.00. The van der Waals surface area contributed by atoms with Crippen LogP contribution in [-0.2, 0) is 13.7 Å². The van der Waals surface area contributed by atoms with Gasteiger partial charge in [-0.25, -0.2) is 0 Å². The van der Waals surface area contributed by atoms with E-state index in [9.17, 15) is 9.13 Å². The van der Waals surface area contributed by atoms with Gasteiger partial charge in [-0.2, -0.15) is 0 Å². The molecular formula is C20H48O3P4. The summed E-state index contributed by atoms with van der Waals surface area (Å²) in [6, 6.07) is 0. The van der Waals surface area contributed by atoms with E-state index < -0.39 is 26.2 Å². The van der Waals surface area contributed by atoms with Gasteiger partial charge in [0, 0.05) is 0 Å². The molecule has 0 aliphatic carbocycles. The quantitative estimate of drug-likeness (QED) is 0.258. The molecule has 0 saturated heterocycles. The van der Waals surface area contributed by atoms with Crippen LogP contribution < -0.4 is 0 Å². The first-order chi connectivity index (χ1) is 12.2. The minimum absolute atomic E-state index is 0.0662. The maximum absolute atomic E-state index is 15.3. The van der Waals surface area contributed by atoms with Crippen molar-refractivity contribution in [2.45, 2.75) is 92.4 Å². The van der Waals surface area contributed by atoms with Gasteiger partial charge in [-0.05, 0) is 0 Å². The van der Waals surface area contributed by atoms with Crippen molar-refractivity contribution in [3.8, 4) is 0 Å². The molecule has 3 nitrogen and oxygen atoms in total. The molecule has 0 bridgehead atoms. The van der Waals surface area contributed by atoms with Crippen molar-refractivity contribution < 1.29 is 13.7 Å². The first-order valence-corrected chi connectivity index (χ1v) is 22.2. The number of rotatable bonds is 13. The van der Waals surface area contributed by atoms with E-state index >= 15 is 4.57 Å². The van der Waals surface area contributed by atoms with E-state index in [1.54, 1.807) is 0 Å². The summed E-state index contributed by atoms with van der Waals surface area (Å²) >= 11 is 0. The second-order valence-electron chi connectivity index (χ2n) is 9.13. The van der Waals surface area contributed by atoms with Crippen LogP contribution in [0.15, 0.2) is 0 Å². The fourth-order valence-corrected chi connectivity index (χ4v) is 72.7. The zero-order valence-electron chi connectivity index (χ0n) is 19.8. The van der Waals surface area contributed by atoms with Crippen LogP contribution in [0.2, 0.25) is 0 Å². The van der Waals surface area contributed by atoms with Gasteiger partial charge in [-0.3, -0.25) is 0 Å². The van der Waals surface area contributed by atoms with E-state index in [-0.39, 0.29) is 11.3 Å². The summed E-state index contributed by atoms with van der Waals surface area (Å²) < 4.78 is 44.7. The second-order valence-corrected chi connectivity index (χ2v) is 40.1. The molecule has 0 saturated carbocycles. The topological polar surface area (TPSA) is 51.2 Å². The Bertz CT molecular complexity index is 591. The molecule has 7 heteroatoms. The van der Waals surface area contributed by atoms with E-state index in [2.05, 4.69) is 13.8 Å². The van der Waals surface area contributed by atoms with Crippen LogP contribution in [0.4, 0.5) is 0 Å². The molecule has 0 aromatic heterocycles. The summed E-state index contributed by atoms with van der Waals surface area (Å²) in [5, 5.41) is 0. The van der Waals surface area contributed by atoms with E-state index in [1.807, 2.05) is 54.9 Å². The third-order valence-electron chi connectivity index (χ3n) is 7.08. The zero-order chi connectivity index (χ0) is 21.8. The summed E-state index contributed by atoms with van der Waals surface area (Å²) in [6.07, 6.45) is 6.22. The number of hydrogen-bond acceptors (Lipinski definition) is 3. The van der Waals surface area contributed by atoms with Crippen LogP contribution in [0.1, 0.15) is 81.1 Å². The molecule has 0 rings (SSSR count). The Morgan fingerprint density at radius 1 is 0.704 bits per heavy atom. The van der Waals surface area contributed by atoms with Crippen molar-refractivity contribution in [1.29, 1.82) is 0 Å². The molecular weight excluding hydrogens is 412 g/mol. The molecule has 0 atom stereocenters. The normalized spacial score (nSPS) is 15.9. The second kappa shape index (κ2) is 9.95. The predicted molar refractivity (Wildman–Crippen MR) is 132 cm³/mol. The fourth-order valence-electron chi connectivity index (χ4n) is 5.76. The summed E-state index contributed by atoms with van der Waals surface area (Å²) in [6.45, 7) is 11.5. The summed E-state index contributed by atoms with van der Waals surface area (Å²) in [7, 11) is 0. The number of hydrogen-bond donors (Lipinski definition) is 0. The zero-order valence-corrected chi connectivity index (χ0v) is 23.4. The van der Waals surface area contributed by atoms with Gasteiger partial charge < -0.3 is 0 Å². The van der Waals surface area contributed by atoms with Crippen LogP contribution in [0.3, 0.4) is 0 Å². The molecule has 0 fully saturated rings. The van der Waals surface area contributed by atoms with Crippen LogP contribution in [0.5, 0.6) is 0 Å². The molecule has 0 amide bonds. The van der Waals surface area contributed by atoms with Crippen molar-refractivity contribution in [3.63, 3.8) is 0 Å². The number of unbranched alkanes of at least 4 members (excludes halogenated alkanes) is 2. The van der Waals surface area contributed by atoms with Gasteiger partial charge in [0.2, 0.25) is 0 Å². The average Bonchev–Trinajstić information content (AvgIpc) is 2.59. The van der Waals surface area contributed by atoms with Gasteiger partial charge in [0.05, 0.1) is 0 Å². The average molecular weight is 460 g/mol. The molecule has 0 aliphatic rings. The van der Waals surface area contributed by atoms with E-state index in [0.717, 1.165) is 25.7 Å². The van der Waals surface area contributed by atoms with Crippen LogP contribution in [0, 0.1) is 0 Å². The SMILES string of the molecule is CCCCP(CCCC)(P(C)(C)=O)(P(=O)(CC)CC)P(=O)(C(C)C)C(C)C. The van der Waals surface area contributed by atoms with Crippen molar-refractivity contribution in [1.82, 2.24) is 0 Å². The maximum atomic E-state index is 15.3. The Kier molecular flexibility index (Phi) is 10.4. The van der Waals surface area contributed by atoms with Crippen LogP contribution >= 0.6 is 26.2 Å². The third-order valence-corrected chi connectivity index (χ3v) is 62.6.